The number of methoxy groups -OCH3 is 1. The van der Waals surface area contributed by atoms with Gasteiger partial charge in [0.25, 0.3) is 0 Å². The van der Waals surface area contributed by atoms with Gasteiger partial charge < -0.3 is 14.7 Å². The molecule has 1 amide bonds. The molecule has 0 bridgehead atoms. The summed E-state index contributed by atoms with van der Waals surface area (Å²) < 4.78 is 5.39. The van der Waals surface area contributed by atoms with Crippen molar-refractivity contribution in [2.45, 2.75) is 69.9 Å². The van der Waals surface area contributed by atoms with Crippen molar-refractivity contribution in [2.75, 3.05) is 13.7 Å². The second-order valence-corrected chi connectivity index (χ2v) is 7.65. The molecule has 23 heavy (non-hydrogen) atoms. The maximum absolute atomic E-state index is 13.0. The van der Waals surface area contributed by atoms with E-state index in [2.05, 4.69) is 0 Å². The van der Waals surface area contributed by atoms with Crippen molar-refractivity contribution < 1.29 is 19.4 Å². The number of carboxylic acids is 1. The highest BCUT2D eigenvalue weighted by atomic mass is 16.5. The number of fused-ring (bicyclic) bond motifs is 1. The first-order chi connectivity index (χ1) is 11.1. The highest BCUT2D eigenvalue weighted by molar-refractivity contribution is 5.80. The van der Waals surface area contributed by atoms with Gasteiger partial charge in [-0.15, -0.1) is 0 Å². The van der Waals surface area contributed by atoms with Crippen LogP contribution in [0.15, 0.2) is 0 Å². The normalized spacial score (nSPS) is 37.4. The summed E-state index contributed by atoms with van der Waals surface area (Å²) in [6.45, 7) is 0.553. The van der Waals surface area contributed by atoms with Gasteiger partial charge in [0.2, 0.25) is 5.91 Å². The lowest BCUT2D eigenvalue weighted by Crippen LogP contribution is -2.43. The summed E-state index contributed by atoms with van der Waals surface area (Å²) in [5.74, 6) is 0.986. The molecule has 2 aliphatic carbocycles. The Morgan fingerprint density at radius 3 is 2.52 bits per heavy atom. The number of aliphatic carboxylic acids is 1. The summed E-state index contributed by atoms with van der Waals surface area (Å²) in [4.78, 5) is 25.9. The molecule has 5 unspecified atom stereocenters. The van der Waals surface area contributed by atoms with Crippen molar-refractivity contribution >= 4 is 11.9 Å². The Labute approximate surface area is 138 Å². The summed E-state index contributed by atoms with van der Waals surface area (Å²) in [5, 5.41) is 9.12. The molecule has 5 heteroatoms. The smallest absolute Gasteiger partial charge is 0.305 e. The van der Waals surface area contributed by atoms with E-state index in [1.807, 2.05) is 4.90 Å². The van der Waals surface area contributed by atoms with Crippen LogP contribution < -0.4 is 0 Å². The molecule has 1 heterocycles. The lowest BCUT2D eigenvalue weighted by Gasteiger charge is -2.40. The van der Waals surface area contributed by atoms with E-state index in [0.29, 0.717) is 18.9 Å². The molecule has 3 rings (SSSR count). The molecule has 2 saturated carbocycles. The van der Waals surface area contributed by atoms with Crippen molar-refractivity contribution in [3.63, 3.8) is 0 Å². The monoisotopic (exact) mass is 323 g/mol. The molecule has 0 spiro atoms. The lowest BCUT2D eigenvalue weighted by atomic mass is 9.67. The summed E-state index contributed by atoms with van der Waals surface area (Å²) in [6.07, 6.45) is 9.08. The van der Waals surface area contributed by atoms with Crippen molar-refractivity contribution in [1.82, 2.24) is 4.90 Å². The Morgan fingerprint density at radius 2 is 1.83 bits per heavy atom. The van der Waals surface area contributed by atoms with Gasteiger partial charge in [-0.2, -0.15) is 0 Å². The number of carboxylic acid groups (broad SMARTS) is 1. The van der Waals surface area contributed by atoms with Crippen LogP contribution in [-0.2, 0) is 14.3 Å². The van der Waals surface area contributed by atoms with Gasteiger partial charge >= 0.3 is 5.97 Å². The molecule has 0 radical (unpaired) electrons. The molecule has 5 nitrogen and oxygen atoms in total. The van der Waals surface area contributed by atoms with Crippen LogP contribution in [0.1, 0.15) is 57.8 Å². The zero-order valence-electron chi connectivity index (χ0n) is 14.1. The van der Waals surface area contributed by atoms with Crippen LogP contribution in [0, 0.1) is 17.8 Å². The second kappa shape index (κ2) is 7.20. The molecule has 3 aliphatic rings. The number of carbonyl (C=O) groups excluding carboxylic acids is 1. The number of hydrogen-bond acceptors (Lipinski definition) is 3. The average molecular weight is 323 g/mol. The van der Waals surface area contributed by atoms with Gasteiger partial charge in [0.15, 0.2) is 0 Å². The van der Waals surface area contributed by atoms with Crippen LogP contribution in [0.5, 0.6) is 0 Å². The third-order valence-electron chi connectivity index (χ3n) is 6.29. The van der Waals surface area contributed by atoms with Gasteiger partial charge in [0, 0.05) is 25.6 Å². The Balaban J connectivity index is 1.64. The first-order valence-corrected chi connectivity index (χ1v) is 9.13. The van der Waals surface area contributed by atoms with Gasteiger partial charge in [-0.3, -0.25) is 9.59 Å². The van der Waals surface area contributed by atoms with E-state index < -0.39 is 5.97 Å². The standard InChI is InChI=1S/C18H29NO4/c1-23-16-9-15(10-17(20)21)19(11-16)18(22)14-7-6-12-4-2-3-5-13(12)8-14/h12-16H,2-11H2,1H3,(H,20,21). The molecule has 0 aromatic heterocycles. The van der Waals surface area contributed by atoms with E-state index in [4.69, 9.17) is 9.84 Å². The first-order valence-electron chi connectivity index (χ1n) is 9.13. The van der Waals surface area contributed by atoms with Crippen LogP contribution in [0.25, 0.3) is 0 Å². The Hall–Kier alpha value is -1.10. The van der Waals surface area contributed by atoms with Crippen LogP contribution >= 0.6 is 0 Å². The van der Waals surface area contributed by atoms with Crippen LogP contribution in [0.2, 0.25) is 0 Å². The number of likely N-dealkylation sites (tertiary alicyclic amines) is 1. The van der Waals surface area contributed by atoms with E-state index in [-0.39, 0.29) is 30.4 Å². The number of rotatable bonds is 4. The van der Waals surface area contributed by atoms with Gasteiger partial charge in [-0.1, -0.05) is 25.7 Å². The van der Waals surface area contributed by atoms with E-state index in [1.54, 1.807) is 7.11 Å². The molecule has 1 N–H and O–H groups in total. The fraction of sp³-hybridized carbons (Fsp3) is 0.889. The zero-order chi connectivity index (χ0) is 16.4. The summed E-state index contributed by atoms with van der Waals surface area (Å²) in [5.41, 5.74) is 0. The van der Waals surface area contributed by atoms with E-state index >= 15 is 0 Å². The predicted octanol–water partition coefficient (Wildman–Crippen LogP) is 2.68. The van der Waals surface area contributed by atoms with Gasteiger partial charge in [-0.25, -0.2) is 0 Å². The summed E-state index contributed by atoms with van der Waals surface area (Å²) in [6, 6.07) is -0.200. The number of carbonyl (C=O) groups is 2. The third-order valence-corrected chi connectivity index (χ3v) is 6.29. The molecular formula is C18H29NO4. The molecule has 1 aliphatic heterocycles. The molecule has 1 saturated heterocycles. The minimum absolute atomic E-state index is 0.0191. The molecule has 5 atom stereocenters. The van der Waals surface area contributed by atoms with E-state index in [1.165, 1.54) is 32.1 Å². The Bertz CT molecular complexity index is 452. The summed E-state index contributed by atoms with van der Waals surface area (Å²) in [7, 11) is 1.64. The topological polar surface area (TPSA) is 66.8 Å². The first kappa shape index (κ1) is 16.7. The zero-order valence-corrected chi connectivity index (χ0v) is 14.1. The Morgan fingerprint density at radius 1 is 1.09 bits per heavy atom. The van der Waals surface area contributed by atoms with Crippen LogP contribution in [0.3, 0.4) is 0 Å². The maximum atomic E-state index is 13.0. The fourth-order valence-corrected chi connectivity index (χ4v) is 5.04. The van der Waals surface area contributed by atoms with Gasteiger partial charge in [0.1, 0.15) is 0 Å². The van der Waals surface area contributed by atoms with Crippen LogP contribution in [-0.4, -0.2) is 47.7 Å². The van der Waals surface area contributed by atoms with Crippen molar-refractivity contribution in [3.8, 4) is 0 Å². The largest absolute Gasteiger partial charge is 0.481 e. The lowest BCUT2D eigenvalue weighted by molar-refractivity contribution is -0.142. The molecule has 0 aromatic carbocycles. The minimum atomic E-state index is -0.833. The highest BCUT2D eigenvalue weighted by Crippen LogP contribution is 2.43. The number of nitrogens with zero attached hydrogens (tertiary/aromatic N) is 1. The third kappa shape index (κ3) is 3.70. The molecular weight excluding hydrogens is 294 g/mol. The number of ether oxygens (including phenoxy) is 1. The number of hydrogen-bond donors (Lipinski definition) is 1. The number of amides is 1. The molecule has 130 valence electrons. The van der Waals surface area contributed by atoms with Crippen molar-refractivity contribution in [1.29, 1.82) is 0 Å². The highest BCUT2D eigenvalue weighted by Gasteiger charge is 2.42. The Kier molecular flexibility index (Phi) is 5.24. The van der Waals surface area contributed by atoms with Gasteiger partial charge in [-0.05, 0) is 37.5 Å². The second-order valence-electron chi connectivity index (χ2n) is 7.65. The minimum Gasteiger partial charge on any atom is -0.481 e. The van der Waals surface area contributed by atoms with Gasteiger partial charge in [0.05, 0.1) is 12.5 Å². The molecule has 3 fully saturated rings. The van der Waals surface area contributed by atoms with Crippen molar-refractivity contribution in [2.24, 2.45) is 17.8 Å². The van der Waals surface area contributed by atoms with E-state index in [9.17, 15) is 9.59 Å². The average Bonchev–Trinajstić information content (AvgIpc) is 2.96. The summed E-state index contributed by atoms with van der Waals surface area (Å²) >= 11 is 0. The van der Waals surface area contributed by atoms with Crippen LogP contribution in [0.4, 0.5) is 0 Å². The quantitative estimate of drug-likeness (QED) is 0.864. The maximum Gasteiger partial charge on any atom is 0.305 e. The molecule has 0 aromatic rings. The van der Waals surface area contributed by atoms with E-state index in [0.717, 1.165) is 18.8 Å². The predicted molar refractivity (Wildman–Crippen MR) is 86.0 cm³/mol. The SMILES string of the molecule is COC1CC(CC(=O)O)N(C(=O)C2CCC3CCCCC3C2)C1. The van der Waals surface area contributed by atoms with Crippen molar-refractivity contribution in [3.05, 3.63) is 0 Å². The fourth-order valence-electron chi connectivity index (χ4n) is 5.04.